The number of ketones is 1. The minimum absolute atomic E-state index is 0.0519. The third-order valence-electron chi connectivity index (χ3n) is 5.22. The summed E-state index contributed by atoms with van der Waals surface area (Å²) in [6.07, 6.45) is -0.0877. The first kappa shape index (κ1) is 28.8. The molecule has 1 aromatic carbocycles. The van der Waals surface area contributed by atoms with Gasteiger partial charge < -0.3 is 19.8 Å². The van der Waals surface area contributed by atoms with Gasteiger partial charge in [-0.25, -0.2) is 9.59 Å². The lowest BCUT2D eigenvalue weighted by Gasteiger charge is -2.24. The quantitative estimate of drug-likeness (QED) is 0.400. The van der Waals surface area contributed by atoms with Gasteiger partial charge in [0.05, 0.1) is 12.6 Å². The molecule has 0 saturated carbocycles. The van der Waals surface area contributed by atoms with Gasteiger partial charge in [0, 0.05) is 0 Å². The maximum absolute atomic E-state index is 13.2. The van der Waals surface area contributed by atoms with Crippen molar-refractivity contribution in [1.82, 2.24) is 20.4 Å². The van der Waals surface area contributed by atoms with Gasteiger partial charge in [0.1, 0.15) is 12.6 Å². The Balaban J connectivity index is 2.13. The Hall–Kier alpha value is -3.43. The maximum atomic E-state index is 13.2. The summed E-state index contributed by atoms with van der Waals surface area (Å²) in [6, 6.07) is 7.31. The number of alkyl carbamates (subject to hydrolysis) is 1. The number of rotatable bonds is 13. The van der Waals surface area contributed by atoms with Gasteiger partial charge in [-0.05, 0) is 36.2 Å². The highest BCUT2D eigenvalue weighted by Gasteiger charge is 2.31. The SMILES string of the molecule is CC(C)C[C@H](NC(=O)OCc1ccccc1)C(=O)N[C@@H](CC(C)C)C(=O)c1nn(CC(C)C)c(=O)o1. The Bertz CT molecular complexity index is 1060. The molecule has 0 saturated heterocycles. The fraction of sp³-hybridized carbons (Fsp3) is 0.577. The lowest BCUT2D eigenvalue weighted by molar-refractivity contribution is -0.124. The van der Waals surface area contributed by atoms with Crippen LogP contribution in [-0.4, -0.2) is 39.6 Å². The van der Waals surface area contributed by atoms with E-state index in [4.69, 9.17) is 9.15 Å². The Labute approximate surface area is 211 Å². The number of nitrogens with one attached hydrogen (secondary N) is 2. The molecule has 0 bridgehead atoms. The molecule has 36 heavy (non-hydrogen) atoms. The van der Waals surface area contributed by atoms with E-state index in [0.717, 1.165) is 10.2 Å². The van der Waals surface area contributed by atoms with Crippen LogP contribution in [0.4, 0.5) is 4.79 Å². The van der Waals surface area contributed by atoms with Crippen LogP contribution >= 0.6 is 0 Å². The minimum atomic E-state index is -0.972. The molecule has 1 aromatic heterocycles. The van der Waals surface area contributed by atoms with Crippen LogP contribution in [0.2, 0.25) is 0 Å². The number of aromatic nitrogens is 2. The summed E-state index contributed by atoms with van der Waals surface area (Å²) in [5.74, 6) is -1.92. The molecule has 0 unspecified atom stereocenters. The number of hydrogen-bond donors (Lipinski definition) is 2. The molecule has 198 valence electrons. The van der Waals surface area contributed by atoms with Crippen LogP contribution < -0.4 is 16.4 Å². The van der Waals surface area contributed by atoms with Gasteiger partial charge in [-0.15, -0.1) is 5.10 Å². The average molecular weight is 503 g/mol. The molecule has 2 amide bonds. The average Bonchev–Trinajstić information content (AvgIpc) is 3.15. The molecule has 0 aliphatic carbocycles. The van der Waals surface area contributed by atoms with E-state index in [2.05, 4.69) is 15.7 Å². The van der Waals surface area contributed by atoms with Crippen molar-refractivity contribution in [2.45, 2.75) is 79.6 Å². The fourth-order valence-electron chi connectivity index (χ4n) is 3.60. The van der Waals surface area contributed by atoms with E-state index in [9.17, 15) is 19.2 Å². The van der Waals surface area contributed by atoms with Crippen LogP contribution in [0.15, 0.2) is 39.5 Å². The molecule has 10 heteroatoms. The van der Waals surface area contributed by atoms with Gasteiger partial charge in [-0.3, -0.25) is 9.59 Å². The van der Waals surface area contributed by atoms with Gasteiger partial charge in [-0.2, -0.15) is 4.68 Å². The minimum Gasteiger partial charge on any atom is -0.445 e. The van der Waals surface area contributed by atoms with Crippen LogP contribution in [0.3, 0.4) is 0 Å². The van der Waals surface area contributed by atoms with Gasteiger partial charge >= 0.3 is 11.8 Å². The molecule has 0 aliphatic heterocycles. The summed E-state index contributed by atoms with van der Waals surface area (Å²) in [7, 11) is 0. The van der Waals surface area contributed by atoms with Gasteiger partial charge in [0.2, 0.25) is 11.7 Å². The first-order valence-corrected chi connectivity index (χ1v) is 12.4. The first-order chi connectivity index (χ1) is 17.0. The molecule has 2 atom stereocenters. The van der Waals surface area contributed by atoms with Gasteiger partial charge in [0.15, 0.2) is 0 Å². The van der Waals surface area contributed by atoms with Crippen LogP contribution in [0.1, 0.15) is 70.6 Å². The van der Waals surface area contributed by atoms with E-state index < -0.39 is 35.6 Å². The Morgan fingerprint density at radius 1 is 0.917 bits per heavy atom. The van der Waals surface area contributed by atoms with Crippen molar-refractivity contribution in [2.24, 2.45) is 17.8 Å². The van der Waals surface area contributed by atoms with E-state index in [0.29, 0.717) is 19.4 Å². The second-order valence-corrected chi connectivity index (χ2v) is 10.2. The highest BCUT2D eigenvalue weighted by atomic mass is 16.5. The lowest BCUT2D eigenvalue weighted by Crippen LogP contribution is -2.52. The summed E-state index contributed by atoms with van der Waals surface area (Å²) in [6.45, 7) is 11.9. The largest absolute Gasteiger partial charge is 0.445 e. The number of Topliss-reactive ketones (excluding diaryl/α,β-unsaturated/α-hetero) is 1. The molecular weight excluding hydrogens is 464 g/mol. The van der Waals surface area contributed by atoms with Gasteiger partial charge in [-0.1, -0.05) is 71.9 Å². The second-order valence-electron chi connectivity index (χ2n) is 10.2. The molecule has 0 aliphatic rings. The Morgan fingerprint density at radius 3 is 2.11 bits per heavy atom. The molecule has 0 fully saturated rings. The third-order valence-corrected chi connectivity index (χ3v) is 5.22. The van der Waals surface area contributed by atoms with Crippen LogP contribution in [0.25, 0.3) is 0 Å². The predicted octanol–water partition coefficient (Wildman–Crippen LogP) is 3.55. The Morgan fingerprint density at radius 2 is 1.53 bits per heavy atom. The van der Waals surface area contributed by atoms with Crippen molar-refractivity contribution in [3.8, 4) is 0 Å². The topological polar surface area (TPSA) is 133 Å². The fourth-order valence-corrected chi connectivity index (χ4v) is 3.60. The number of amides is 2. The van der Waals surface area contributed by atoms with Crippen molar-refractivity contribution in [2.75, 3.05) is 0 Å². The molecule has 2 rings (SSSR count). The van der Waals surface area contributed by atoms with Crippen molar-refractivity contribution >= 4 is 17.8 Å². The molecule has 1 heterocycles. The van der Waals surface area contributed by atoms with Gasteiger partial charge in [0.25, 0.3) is 5.89 Å². The normalized spacial score (nSPS) is 13.0. The molecular formula is C26H38N4O6. The molecule has 0 spiro atoms. The van der Waals surface area contributed by atoms with Crippen molar-refractivity contribution in [3.05, 3.63) is 52.3 Å². The number of carbonyl (C=O) groups excluding carboxylic acids is 3. The van der Waals surface area contributed by atoms with Crippen molar-refractivity contribution in [1.29, 1.82) is 0 Å². The molecule has 0 radical (unpaired) electrons. The summed E-state index contributed by atoms with van der Waals surface area (Å²) < 4.78 is 11.5. The zero-order valence-corrected chi connectivity index (χ0v) is 21.9. The van der Waals surface area contributed by atoms with E-state index in [1.807, 2.05) is 71.9 Å². The summed E-state index contributed by atoms with van der Waals surface area (Å²) >= 11 is 0. The maximum Gasteiger partial charge on any atom is 0.437 e. The zero-order valence-electron chi connectivity index (χ0n) is 21.9. The predicted molar refractivity (Wildman–Crippen MR) is 134 cm³/mol. The van der Waals surface area contributed by atoms with E-state index in [1.165, 1.54) is 0 Å². The third kappa shape index (κ3) is 9.31. The monoisotopic (exact) mass is 502 g/mol. The second kappa shape index (κ2) is 13.6. The Kier molecular flexibility index (Phi) is 10.9. The van der Waals surface area contributed by atoms with Crippen molar-refractivity contribution < 1.29 is 23.5 Å². The summed E-state index contributed by atoms with van der Waals surface area (Å²) in [5, 5.41) is 9.37. The molecule has 2 N–H and O–H groups in total. The standard InChI is InChI=1S/C26H38N4O6/c1-16(2)12-20(22(31)24-29-30(14-18(5)6)26(34)36-24)27-23(32)21(13-17(3)4)28-25(33)35-15-19-10-8-7-9-11-19/h7-11,16-18,20-21H,12-15H2,1-6H3,(H,27,32)(H,28,33)/t20-,21-/m0/s1. The number of benzene rings is 1. The van der Waals surface area contributed by atoms with Crippen molar-refractivity contribution in [3.63, 3.8) is 0 Å². The first-order valence-electron chi connectivity index (χ1n) is 12.4. The number of ether oxygens (including phenoxy) is 1. The summed E-state index contributed by atoms with van der Waals surface area (Å²) in [5.41, 5.74) is 0.818. The molecule has 10 nitrogen and oxygen atoms in total. The summed E-state index contributed by atoms with van der Waals surface area (Å²) in [4.78, 5) is 50.9. The smallest absolute Gasteiger partial charge is 0.437 e. The van der Waals surface area contributed by atoms with Crippen LogP contribution in [0, 0.1) is 17.8 Å². The number of hydrogen-bond acceptors (Lipinski definition) is 7. The van der Waals surface area contributed by atoms with E-state index >= 15 is 0 Å². The zero-order chi connectivity index (χ0) is 26.8. The molecule has 2 aromatic rings. The van der Waals surface area contributed by atoms with Crippen LogP contribution in [0.5, 0.6) is 0 Å². The lowest BCUT2D eigenvalue weighted by atomic mass is 9.98. The van der Waals surface area contributed by atoms with Crippen LogP contribution in [-0.2, 0) is 22.7 Å². The number of carbonyl (C=O) groups is 3. The highest BCUT2D eigenvalue weighted by Crippen LogP contribution is 2.12. The number of nitrogens with zero attached hydrogens (tertiary/aromatic N) is 2. The van der Waals surface area contributed by atoms with E-state index in [1.54, 1.807) is 0 Å². The highest BCUT2D eigenvalue weighted by molar-refractivity contribution is 5.99. The van der Waals surface area contributed by atoms with E-state index in [-0.39, 0.29) is 30.3 Å².